The number of Topliss-reactive ketones (excluding diaryl/α,β-unsaturated/α-hetero) is 2. The average Bonchev–Trinajstić information content (AvgIpc) is 2.86. The number of hydrogen-bond donors (Lipinski definition) is 1. The van der Waals surface area contributed by atoms with Crippen LogP contribution < -0.4 is 0 Å². The third-order valence-corrected chi connectivity index (χ3v) is 8.63. The summed E-state index contributed by atoms with van der Waals surface area (Å²) in [5, 5.41) is 11.5. The Balaban J connectivity index is 1.66. The quantitative estimate of drug-likeness (QED) is 0.726. The number of aliphatic hydroxyl groups is 1. The summed E-state index contributed by atoms with van der Waals surface area (Å²) in [6, 6.07) is 0. The van der Waals surface area contributed by atoms with E-state index in [9.17, 15) is 19.5 Å². The largest absolute Gasteiger partial charge is 0.462 e. The smallest absolute Gasteiger partial charge is 0.302 e. The summed E-state index contributed by atoms with van der Waals surface area (Å²) in [5.41, 5.74) is -2.18. The molecule has 5 heteroatoms. The first-order valence-electron chi connectivity index (χ1n) is 10.1. The monoisotopic (exact) mass is 362 g/mol. The maximum Gasteiger partial charge on any atom is 0.302 e. The van der Waals surface area contributed by atoms with E-state index in [2.05, 4.69) is 13.8 Å². The Morgan fingerprint density at radius 3 is 2.50 bits per heavy atom. The average molecular weight is 362 g/mol. The van der Waals surface area contributed by atoms with Crippen LogP contribution in [0.15, 0.2) is 0 Å². The van der Waals surface area contributed by atoms with Crippen molar-refractivity contribution in [3.8, 4) is 0 Å². The summed E-state index contributed by atoms with van der Waals surface area (Å²) in [5.74, 6) is 0.613. The maximum atomic E-state index is 13.1. The molecular weight excluding hydrogens is 332 g/mol. The van der Waals surface area contributed by atoms with Crippen molar-refractivity contribution in [3.05, 3.63) is 0 Å². The van der Waals surface area contributed by atoms with Gasteiger partial charge in [0.2, 0.25) is 0 Å². The topological polar surface area (TPSA) is 80.7 Å². The molecule has 0 spiro atoms. The van der Waals surface area contributed by atoms with Gasteiger partial charge in [-0.15, -0.1) is 0 Å². The highest BCUT2D eigenvalue weighted by molar-refractivity contribution is 5.91. The van der Waals surface area contributed by atoms with Crippen LogP contribution in [0.1, 0.15) is 72.1 Å². The lowest BCUT2D eigenvalue weighted by molar-refractivity contribution is -0.215. The number of carbonyl (C=O) groups is 3. The molecule has 4 rings (SSSR count). The standard InChI is InChI=1S/C21H30O5/c1-12(22)26-13-6-9-20(3)16-7-8-19(2)15(4-5-17(19)23)14(16)10-18(24)21(20,25)11-13/h13-16,25H,4-11H2,1-3H3/t13?,14?,15?,16?,19-,20+,21-/m0/s1. The number of esters is 1. The second kappa shape index (κ2) is 5.63. The minimum atomic E-state index is -1.41. The molecule has 4 fully saturated rings. The molecule has 0 aromatic rings. The summed E-state index contributed by atoms with van der Waals surface area (Å²) in [6.07, 6.45) is 4.85. The van der Waals surface area contributed by atoms with Crippen LogP contribution in [0.4, 0.5) is 0 Å². The van der Waals surface area contributed by atoms with Crippen LogP contribution in [0.25, 0.3) is 0 Å². The summed E-state index contributed by atoms with van der Waals surface area (Å²) in [7, 11) is 0. The van der Waals surface area contributed by atoms with Crippen molar-refractivity contribution in [2.45, 2.75) is 83.8 Å². The molecule has 4 aliphatic rings. The molecule has 5 nitrogen and oxygen atoms in total. The summed E-state index contributed by atoms with van der Waals surface area (Å²) < 4.78 is 5.34. The Kier molecular flexibility index (Phi) is 3.93. The highest BCUT2D eigenvalue weighted by Crippen LogP contribution is 2.65. The van der Waals surface area contributed by atoms with Crippen LogP contribution in [0.2, 0.25) is 0 Å². The number of ether oxygens (including phenoxy) is 1. The van der Waals surface area contributed by atoms with E-state index >= 15 is 0 Å². The Morgan fingerprint density at radius 2 is 1.81 bits per heavy atom. The molecule has 4 aliphatic carbocycles. The van der Waals surface area contributed by atoms with E-state index in [1.54, 1.807) is 0 Å². The van der Waals surface area contributed by atoms with Crippen LogP contribution >= 0.6 is 0 Å². The first kappa shape index (κ1) is 18.1. The fourth-order valence-corrected chi connectivity index (χ4v) is 7.11. The molecule has 0 amide bonds. The number of rotatable bonds is 1. The third-order valence-electron chi connectivity index (χ3n) is 8.63. The molecule has 0 bridgehead atoms. The predicted octanol–water partition coefficient (Wildman–Crippen LogP) is 2.82. The minimum Gasteiger partial charge on any atom is -0.462 e. The maximum absolute atomic E-state index is 13.1. The van der Waals surface area contributed by atoms with E-state index < -0.39 is 11.0 Å². The molecule has 144 valence electrons. The van der Waals surface area contributed by atoms with Gasteiger partial charge in [-0.1, -0.05) is 13.8 Å². The first-order chi connectivity index (χ1) is 12.1. The Morgan fingerprint density at radius 1 is 1.08 bits per heavy atom. The number of fused-ring (bicyclic) bond motifs is 5. The Bertz CT molecular complexity index is 671. The normalized spacial score (nSPS) is 50.6. The lowest BCUT2D eigenvalue weighted by atomic mass is 9.43. The fourth-order valence-electron chi connectivity index (χ4n) is 7.11. The van der Waals surface area contributed by atoms with Crippen LogP contribution in [0.3, 0.4) is 0 Å². The molecule has 1 N–H and O–H groups in total. The molecule has 0 aliphatic heterocycles. The highest BCUT2D eigenvalue weighted by Gasteiger charge is 2.67. The van der Waals surface area contributed by atoms with Crippen LogP contribution in [0.5, 0.6) is 0 Å². The van der Waals surface area contributed by atoms with Gasteiger partial charge in [0, 0.05) is 37.0 Å². The zero-order chi connectivity index (χ0) is 18.9. The van der Waals surface area contributed by atoms with Crippen molar-refractivity contribution >= 4 is 17.5 Å². The molecule has 0 heterocycles. The third kappa shape index (κ3) is 2.22. The number of ketones is 2. The van der Waals surface area contributed by atoms with Crippen LogP contribution in [0, 0.1) is 28.6 Å². The van der Waals surface area contributed by atoms with Gasteiger partial charge >= 0.3 is 5.97 Å². The second-order valence-electron chi connectivity index (χ2n) is 9.67. The van der Waals surface area contributed by atoms with Gasteiger partial charge in [-0.25, -0.2) is 0 Å². The van der Waals surface area contributed by atoms with E-state index in [-0.39, 0.29) is 47.4 Å². The molecular formula is C21H30O5. The first-order valence-corrected chi connectivity index (χ1v) is 10.1. The van der Waals surface area contributed by atoms with Gasteiger partial charge in [0.15, 0.2) is 5.78 Å². The van der Waals surface area contributed by atoms with E-state index in [0.717, 1.165) is 19.3 Å². The van der Waals surface area contributed by atoms with Gasteiger partial charge in [0.05, 0.1) is 0 Å². The molecule has 0 aromatic heterocycles. The van der Waals surface area contributed by atoms with E-state index in [1.165, 1.54) is 6.92 Å². The summed E-state index contributed by atoms with van der Waals surface area (Å²) in [4.78, 5) is 37.0. The lowest BCUT2D eigenvalue weighted by Gasteiger charge is -2.62. The summed E-state index contributed by atoms with van der Waals surface area (Å²) >= 11 is 0. The highest BCUT2D eigenvalue weighted by atomic mass is 16.5. The van der Waals surface area contributed by atoms with E-state index in [1.807, 2.05) is 0 Å². The molecule has 7 atom stereocenters. The minimum absolute atomic E-state index is 0.110. The molecule has 0 aromatic carbocycles. The van der Waals surface area contributed by atoms with Crippen molar-refractivity contribution in [3.63, 3.8) is 0 Å². The molecule has 0 saturated heterocycles. The van der Waals surface area contributed by atoms with E-state index in [0.29, 0.717) is 31.5 Å². The van der Waals surface area contributed by atoms with Crippen molar-refractivity contribution in [1.82, 2.24) is 0 Å². The van der Waals surface area contributed by atoms with Crippen molar-refractivity contribution in [2.75, 3.05) is 0 Å². The van der Waals surface area contributed by atoms with Gasteiger partial charge in [-0.3, -0.25) is 14.4 Å². The van der Waals surface area contributed by atoms with Gasteiger partial charge < -0.3 is 9.84 Å². The van der Waals surface area contributed by atoms with Crippen molar-refractivity contribution in [2.24, 2.45) is 28.6 Å². The Hall–Kier alpha value is -1.23. The SMILES string of the molecule is CC(=O)OC1CC[C@]2(C)C3CC[C@]4(C)C(=O)CCC4C3CC(=O)[C@@]2(O)C1. The second-order valence-corrected chi connectivity index (χ2v) is 9.67. The zero-order valence-corrected chi connectivity index (χ0v) is 16.0. The predicted molar refractivity (Wildman–Crippen MR) is 94.1 cm³/mol. The Labute approximate surface area is 154 Å². The molecule has 4 saturated carbocycles. The fraction of sp³-hybridized carbons (Fsp3) is 0.857. The van der Waals surface area contributed by atoms with Gasteiger partial charge in [0.25, 0.3) is 0 Å². The lowest BCUT2D eigenvalue weighted by Crippen LogP contribution is -2.67. The molecule has 4 unspecified atom stereocenters. The van der Waals surface area contributed by atoms with Gasteiger partial charge in [0.1, 0.15) is 17.5 Å². The van der Waals surface area contributed by atoms with Gasteiger partial charge in [-0.05, 0) is 49.9 Å². The number of carbonyl (C=O) groups excluding carboxylic acids is 3. The van der Waals surface area contributed by atoms with Gasteiger partial charge in [-0.2, -0.15) is 0 Å². The van der Waals surface area contributed by atoms with Crippen molar-refractivity contribution < 1.29 is 24.2 Å². The number of hydrogen-bond acceptors (Lipinski definition) is 5. The summed E-state index contributed by atoms with van der Waals surface area (Å²) in [6.45, 7) is 5.52. The zero-order valence-electron chi connectivity index (χ0n) is 16.0. The van der Waals surface area contributed by atoms with Crippen molar-refractivity contribution in [1.29, 1.82) is 0 Å². The van der Waals surface area contributed by atoms with Crippen LogP contribution in [-0.2, 0) is 19.1 Å². The molecule has 0 radical (unpaired) electrons. The van der Waals surface area contributed by atoms with Crippen LogP contribution in [-0.4, -0.2) is 34.3 Å². The van der Waals surface area contributed by atoms with E-state index in [4.69, 9.17) is 4.74 Å². The molecule has 26 heavy (non-hydrogen) atoms.